The van der Waals surface area contributed by atoms with Crippen LogP contribution >= 0.6 is 0 Å². The number of aliphatic imine (C=N–C) groups is 1. The highest BCUT2D eigenvalue weighted by atomic mass is 19.4. The summed E-state index contributed by atoms with van der Waals surface area (Å²) >= 11 is 0. The molecule has 1 atom stereocenters. The molecule has 1 unspecified atom stereocenters. The average molecular weight is 337 g/mol. The molecule has 0 heterocycles. The van der Waals surface area contributed by atoms with Crippen LogP contribution in [0.3, 0.4) is 0 Å². The Labute approximate surface area is 138 Å². The molecule has 128 valence electrons. The quantitative estimate of drug-likeness (QED) is 0.637. The van der Waals surface area contributed by atoms with E-state index in [9.17, 15) is 13.2 Å². The zero-order valence-electron chi connectivity index (χ0n) is 13.0. The van der Waals surface area contributed by atoms with Crippen molar-refractivity contribution in [2.75, 3.05) is 11.9 Å². The van der Waals surface area contributed by atoms with Gasteiger partial charge in [-0.3, -0.25) is 4.99 Å². The summed E-state index contributed by atoms with van der Waals surface area (Å²) in [6, 6.07) is 15.2. The molecule has 0 aliphatic heterocycles. The van der Waals surface area contributed by atoms with E-state index in [2.05, 4.69) is 15.0 Å². The Balaban J connectivity index is 1.90. The molecule has 2 rings (SSSR count). The first-order valence-corrected chi connectivity index (χ1v) is 7.31. The van der Waals surface area contributed by atoms with Gasteiger partial charge in [0.1, 0.15) is 5.75 Å². The lowest BCUT2D eigenvalue weighted by atomic mass is 10.0. The van der Waals surface area contributed by atoms with Crippen LogP contribution in [-0.2, 0) is 0 Å². The van der Waals surface area contributed by atoms with E-state index in [1.165, 1.54) is 24.3 Å². The van der Waals surface area contributed by atoms with E-state index in [1.807, 2.05) is 37.3 Å². The second-order valence-corrected chi connectivity index (χ2v) is 5.23. The minimum Gasteiger partial charge on any atom is -0.406 e. The lowest BCUT2D eigenvalue weighted by Gasteiger charge is -2.11. The highest BCUT2D eigenvalue weighted by molar-refractivity contribution is 5.92. The number of nitrogens with two attached hydrogens (primary N) is 1. The molecule has 0 spiro atoms. The first-order valence-electron chi connectivity index (χ1n) is 7.31. The van der Waals surface area contributed by atoms with Gasteiger partial charge < -0.3 is 15.8 Å². The molecule has 0 aliphatic carbocycles. The highest BCUT2D eigenvalue weighted by Gasteiger charge is 2.30. The molecule has 2 aromatic carbocycles. The summed E-state index contributed by atoms with van der Waals surface area (Å²) in [4.78, 5) is 4.25. The predicted molar refractivity (Wildman–Crippen MR) is 88.1 cm³/mol. The van der Waals surface area contributed by atoms with Gasteiger partial charge in [-0.25, -0.2) is 0 Å². The SMILES string of the molecule is CC(CN=C(N)Nc1ccc(OC(F)(F)F)cc1)c1ccccc1. The zero-order valence-corrected chi connectivity index (χ0v) is 13.0. The van der Waals surface area contributed by atoms with Gasteiger partial charge in [-0.15, -0.1) is 13.2 Å². The minimum atomic E-state index is -4.71. The summed E-state index contributed by atoms with van der Waals surface area (Å²) in [5.74, 6) is 0.109. The first kappa shape index (κ1) is 17.7. The highest BCUT2D eigenvalue weighted by Crippen LogP contribution is 2.23. The molecule has 3 N–H and O–H groups in total. The summed E-state index contributed by atoms with van der Waals surface area (Å²) in [5.41, 5.74) is 7.48. The molecule has 24 heavy (non-hydrogen) atoms. The number of alkyl halides is 3. The van der Waals surface area contributed by atoms with Crippen LogP contribution in [0.15, 0.2) is 59.6 Å². The molecule has 0 fully saturated rings. The fourth-order valence-electron chi connectivity index (χ4n) is 2.05. The van der Waals surface area contributed by atoms with Gasteiger partial charge in [0.15, 0.2) is 5.96 Å². The Hall–Kier alpha value is -2.70. The van der Waals surface area contributed by atoms with Crippen molar-refractivity contribution >= 4 is 11.6 Å². The van der Waals surface area contributed by atoms with Gasteiger partial charge in [-0.05, 0) is 29.8 Å². The van der Waals surface area contributed by atoms with Crippen LogP contribution in [0, 0.1) is 0 Å². The van der Waals surface area contributed by atoms with E-state index in [-0.39, 0.29) is 17.6 Å². The van der Waals surface area contributed by atoms with Crippen LogP contribution in [0.25, 0.3) is 0 Å². The molecular weight excluding hydrogens is 319 g/mol. The Kier molecular flexibility index (Phi) is 5.68. The van der Waals surface area contributed by atoms with E-state index < -0.39 is 6.36 Å². The van der Waals surface area contributed by atoms with E-state index in [0.717, 1.165) is 5.56 Å². The number of ether oxygens (including phenoxy) is 1. The van der Waals surface area contributed by atoms with Gasteiger partial charge in [0, 0.05) is 18.2 Å². The summed E-state index contributed by atoms with van der Waals surface area (Å²) in [7, 11) is 0. The van der Waals surface area contributed by atoms with E-state index in [4.69, 9.17) is 5.73 Å². The Bertz CT molecular complexity index is 670. The average Bonchev–Trinajstić information content (AvgIpc) is 2.54. The maximum atomic E-state index is 12.1. The van der Waals surface area contributed by atoms with Gasteiger partial charge >= 0.3 is 6.36 Å². The smallest absolute Gasteiger partial charge is 0.406 e. The van der Waals surface area contributed by atoms with Crippen LogP contribution in [0.4, 0.5) is 18.9 Å². The maximum absolute atomic E-state index is 12.1. The number of hydrogen-bond acceptors (Lipinski definition) is 2. The molecule has 0 saturated carbocycles. The third kappa shape index (κ3) is 5.83. The van der Waals surface area contributed by atoms with Gasteiger partial charge in [0.25, 0.3) is 0 Å². The van der Waals surface area contributed by atoms with Crippen molar-refractivity contribution < 1.29 is 17.9 Å². The maximum Gasteiger partial charge on any atom is 0.573 e. The third-order valence-corrected chi connectivity index (χ3v) is 3.26. The fraction of sp³-hybridized carbons (Fsp3) is 0.235. The summed E-state index contributed by atoms with van der Waals surface area (Å²) in [6.45, 7) is 2.54. The molecule has 0 aliphatic rings. The van der Waals surface area contributed by atoms with Gasteiger partial charge in [0.05, 0.1) is 0 Å². The predicted octanol–water partition coefficient (Wildman–Crippen LogP) is 4.12. The molecule has 7 heteroatoms. The topological polar surface area (TPSA) is 59.6 Å². The Morgan fingerprint density at radius 1 is 1.12 bits per heavy atom. The molecular formula is C17H18F3N3O. The van der Waals surface area contributed by atoms with Crippen LogP contribution in [0.2, 0.25) is 0 Å². The van der Waals surface area contributed by atoms with Crippen molar-refractivity contribution in [3.8, 4) is 5.75 Å². The fourth-order valence-corrected chi connectivity index (χ4v) is 2.05. The van der Waals surface area contributed by atoms with Gasteiger partial charge in [-0.1, -0.05) is 37.3 Å². The molecule has 0 bridgehead atoms. The Morgan fingerprint density at radius 3 is 2.33 bits per heavy atom. The lowest BCUT2D eigenvalue weighted by molar-refractivity contribution is -0.274. The normalized spacial score (nSPS) is 13.4. The number of halogens is 3. The van der Waals surface area contributed by atoms with Gasteiger partial charge in [0.2, 0.25) is 0 Å². The van der Waals surface area contributed by atoms with Crippen molar-refractivity contribution in [1.82, 2.24) is 0 Å². The van der Waals surface area contributed by atoms with E-state index >= 15 is 0 Å². The molecule has 2 aromatic rings. The van der Waals surface area contributed by atoms with E-state index in [1.54, 1.807) is 0 Å². The number of benzene rings is 2. The number of guanidine groups is 1. The van der Waals surface area contributed by atoms with Crippen molar-refractivity contribution in [1.29, 1.82) is 0 Å². The first-order chi connectivity index (χ1) is 11.3. The van der Waals surface area contributed by atoms with Crippen LogP contribution < -0.4 is 15.8 Å². The van der Waals surface area contributed by atoms with Gasteiger partial charge in [-0.2, -0.15) is 0 Å². The van der Waals surface area contributed by atoms with Crippen LogP contribution in [0.5, 0.6) is 5.75 Å². The van der Waals surface area contributed by atoms with Crippen LogP contribution in [0.1, 0.15) is 18.4 Å². The monoisotopic (exact) mass is 337 g/mol. The van der Waals surface area contributed by atoms with Crippen molar-refractivity contribution in [2.24, 2.45) is 10.7 Å². The largest absolute Gasteiger partial charge is 0.573 e. The van der Waals surface area contributed by atoms with Crippen molar-refractivity contribution in [2.45, 2.75) is 19.2 Å². The minimum absolute atomic E-state index is 0.197. The second kappa shape index (κ2) is 7.72. The number of rotatable bonds is 5. The summed E-state index contributed by atoms with van der Waals surface area (Å²) in [6.07, 6.45) is -4.71. The lowest BCUT2D eigenvalue weighted by Crippen LogP contribution is -2.23. The third-order valence-electron chi connectivity index (χ3n) is 3.26. The number of nitrogens with one attached hydrogen (secondary N) is 1. The molecule has 4 nitrogen and oxygen atoms in total. The molecule has 0 radical (unpaired) electrons. The summed E-state index contributed by atoms with van der Waals surface area (Å²) in [5, 5.41) is 2.83. The second-order valence-electron chi connectivity index (χ2n) is 5.23. The number of nitrogens with zero attached hydrogens (tertiary/aromatic N) is 1. The van der Waals surface area contributed by atoms with Crippen molar-refractivity contribution in [3.63, 3.8) is 0 Å². The van der Waals surface area contributed by atoms with Crippen LogP contribution in [-0.4, -0.2) is 18.9 Å². The Morgan fingerprint density at radius 2 is 1.75 bits per heavy atom. The molecule has 0 aromatic heterocycles. The van der Waals surface area contributed by atoms with Crippen molar-refractivity contribution in [3.05, 3.63) is 60.2 Å². The van der Waals surface area contributed by atoms with E-state index in [0.29, 0.717) is 12.2 Å². The molecule has 0 saturated heterocycles. The number of anilines is 1. The standard InChI is InChI=1S/C17H18F3N3O/c1-12(13-5-3-2-4-6-13)11-22-16(21)23-14-7-9-15(10-8-14)24-17(18,19)20/h2-10,12H,11H2,1H3,(H3,21,22,23). The zero-order chi connectivity index (χ0) is 17.6. The molecule has 0 amide bonds. The summed E-state index contributed by atoms with van der Waals surface area (Å²) < 4.78 is 40.1. The number of hydrogen-bond donors (Lipinski definition) is 2.